The molecule has 20 heavy (non-hydrogen) atoms. The van der Waals surface area contributed by atoms with Crippen LogP contribution in [-0.4, -0.2) is 26.2 Å². The second-order valence-corrected chi connectivity index (χ2v) is 6.24. The van der Waals surface area contributed by atoms with E-state index in [0.29, 0.717) is 0 Å². The molecular weight excluding hydrogens is 246 g/mol. The van der Waals surface area contributed by atoms with E-state index in [1.54, 1.807) is 0 Å². The Bertz CT molecular complexity index is 394. The number of unbranched alkanes of at least 4 members (excludes halogenated alkanes) is 1. The summed E-state index contributed by atoms with van der Waals surface area (Å²) in [7, 11) is 0. The Kier molecular flexibility index (Phi) is 6.38. The van der Waals surface area contributed by atoms with Gasteiger partial charge in [-0.3, -0.25) is 0 Å². The van der Waals surface area contributed by atoms with Gasteiger partial charge in [-0.2, -0.15) is 0 Å². The zero-order chi connectivity index (χ0) is 14.2. The highest BCUT2D eigenvalue weighted by Gasteiger charge is 2.11. The van der Waals surface area contributed by atoms with Gasteiger partial charge in [-0.05, 0) is 64.0 Å². The number of quaternary nitrogens is 1. The minimum atomic E-state index is 0.858. The van der Waals surface area contributed by atoms with E-state index < -0.39 is 0 Å². The van der Waals surface area contributed by atoms with E-state index in [9.17, 15) is 0 Å². The van der Waals surface area contributed by atoms with Gasteiger partial charge < -0.3 is 9.64 Å². The molecule has 1 aliphatic heterocycles. The Morgan fingerprint density at radius 1 is 1.00 bits per heavy atom. The highest BCUT2D eigenvalue weighted by molar-refractivity contribution is 5.35. The molecule has 0 radical (unpaired) electrons. The second-order valence-electron chi connectivity index (χ2n) is 6.24. The van der Waals surface area contributed by atoms with Gasteiger partial charge in [-0.15, -0.1) is 0 Å². The largest absolute Gasteiger partial charge is 0.493 e. The molecule has 0 saturated carbocycles. The van der Waals surface area contributed by atoms with Gasteiger partial charge in [0.2, 0.25) is 0 Å². The van der Waals surface area contributed by atoms with Crippen LogP contribution < -0.4 is 9.64 Å². The number of rotatable bonds is 6. The summed E-state index contributed by atoms with van der Waals surface area (Å²) in [4.78, 5) is 1.81. The fourth-order valence-corrected chi connectivity index (χ4v) is 3.10. The minimum absolute atomic E-state index is 0.858. The van der Waals surface area contributed by atoms with Crippen LogP contribution in [0.2, 0.25) is 0 Å². The molecule has 1 aromatic rings. The van der Waals surface area contributed by atoms with Crippen LogP contribution in [0.3, 0.4) is 0 Å². The molecule has 1 heterocycles. The lowest BCUT2D eigenvalue weighted by atomic mass is 10.1. The van der Waals surface area contributed by atoms with Crippen molar-refractivity contribution in [2.45, 2.75) is 52.4 Å². The number of nitrogens with one attached hydrogen (secondary N) is 1. The lowest BCUT2D eigenvalue weighted by Gasteiger charge is -2.17. The van der Waals surface area contributed by atoms with Crippen LogP contribution in [-0.2, 0) is 0 Å². The molecule has 1 aromatic carbocycles. The molecule has 0 spiro atoms. The van der Waals surface area contributed by atoms with Crippen molar-refractivity contribution in [2.24, 2.45) is 0 Å². The molecule has 0 aromatic heterocycles. The monoisotopic (exact) mass is 276 g/mol. The lowest BCUT2D eigenvalue weighted by Crippen LogP contribution is -3.11. The molecule has 2 heteroatoms. The lowest BCUT2D eigenvalue weighted by molar-refractivity contribution is -0.899. The van der Waals surface area contributed by atoms with Gasteiger partial charge >= 0.3 is 0 Å². The highest BCUT2D eigenvalue weighted by Crippen LogP contribution is 2.18. The third-order valence-corrected chi connectivity index (χ3v) is 4.32. The van der Waals surface area contributed by atoms with Crippen LogP contribution in [0, 0.1) is 13.8 Å². The smallest absolute Gasteiger partial charge is 0.122 e. The van der Waals surface area contributed by atoms with Crippen LogP contribution in [0.25, 0.3) is 0 Å². The Hall–Kier alpha value is -1.02. The molecule has 0 unspecified atom stereocenters. The average Bonchev–Trinajstić information content (AvgIpc) is 2.69. The summed E-state index contributed by atoms with van der Waals surface area (Å²) in [6.45, 7) is 9.22. The Morgan fingerprint density at radius 3 is 2.45 bits per heavy atom. The van der Waals surface area contributed by atoms with Crippen molar-refractivity contribution in [1.29, 1.82) is 0 Å². The number of likely N-dealkylation sites (tertiary alicyclic amines) is 1. The summed E-state index contributed by atoms with van der Waals surface area (Å²) in [5, 5.41) is 0. The highest BCUT2D eigenvalue weighted by atomic mass is 16.5. The van der Waals surface area contributed by atoms with Gasteiger partial charge in [-0.25, -0.2) is 0 Å². The summed E-state index contributed by atoms with van der Waals surface area (Å²) < 4.78 is 5.90. The Balaban J connectivity index is 1.61. The predicted octanol–water partition coefficient (Wildman–Crippen LogP) is 2.92. The van der Waals surface area contributed by atoms with Crippen LogP contribution in [0.1, 0.15) is 49.7 Å². The average molecular weight is 276 g/mol. The van der Waals surface area contributed by atoms with E-state index >= 15 is 0 Å². The third-order valence-electron chi connectivity index (χ3n) is 4.32. The zero-order valence-electron chi connectivity index (χ0n) is 13.2. The van der Waals surface area contributed by atoms with Gasteiger partial charge in [-0.1, -0.05) is 17.7 Å². The van der Waals surface area contributed by atoms with Gasteiger partial charge in [0.15, 0.2) is 0 Å². The summed E-state index contributed by atoms with van der Waals surface area (Å²) in [6, 6.07) is 6.42. The van der Waals surface area contributed by atoms with Gasteiger partial charge in [0.25, 0.3) is 0 Å². The minimum Gasteiger partial charge on any atom is -0.493 e. The standard InChI is InChI=1S/C18H29NO/c1-16-9-10-18(17(2)15-16)20-14-8-7-13-19-11-5-3-4-6-12-19/h9-10,15H,3-8,11-14H2,1-2H3/p+1. The summed E-state index contributed by atoms with van der Waals surface area (Å²) in [5.74, 6) is 1.05. The van der Waals surface area contributed by atoms with E-state index in [-0.39, 0.29) is 0 Å². The van der Waals surface area contributed by atoms with Crippen LogP contribution in [0.15, 0.2) is 18.2 Å². The summed E-state index contributed by atoms with van der Waals surface area (Å²) >= 11 is 0. The molecule has 1 saturated heterocycles. The predicted molar refractivity (Wildman–Crippen MR) is 84.7 cm³/mol. The SMILES string of the molecule is Cc1ccc(OCCCC[NH+]2CCCCCC2)c(C)c1. The van der Waals surface area contributed by atoms with E-state index in [4.69, 9.17) is 4.74 Å². The molecule has 2 nitrogen and oxygen atoms in total. The fraction of sp³-hybridized carbons (Fsp3) is 0.667. The normalized spacial score (nSPS) is 16.9. The first-order valence-electron chi connectivity index (χ1n) is 8.29. The first-order valence-corrected chi connectivity index (χ1v) is 8.29. The molecule has 0 bridgehead atoms. The molecule has 2 rings (SSSR count). The third kappa shape index (κ3) is 5.16. The maximum absolute atomic E-state index is 5.90. The Morgan fingerprint density at radius 2 is 1.75 bits per heavy atom. The number of hydrogen-bond acceptors (Lipinski definition) is 1. The van der Waals surface area contributed by atoms with Crippen molar-refractivity contribution in [3.8, 4) is 5.75 Å². The zero-order valence-corrected chi connectivity index (χ0v) is 13.2. The van der Waals surface area contributed by atoms with Crippen LogP contribution in [0.5, 0.6) is 5.75 Å². The quantitative estimate of drug-likeness (QED) is 0.789. The molecule has 1 N–H and O–H groups in total. The van der Waals surface area contributed by atoms with Crippen molar-refractivity contribution in [3.63, 3.8) is 0 Å². The molecule has 1 aliphatic rings. The maximum atomic E-state index is 5.90. The van der Waals surface area contributed by atoms with E-state index in [2.05, 4.69) is 32.0 Å². The van der Waals surface area contributed by atoms with Crippen molar-refractivity contribution in [2.75, 3.05) is 26.2 Å². The topological polar surface area (TPSA) is 13.7 Å². The number of benzene rings is 1. The van der Waals surface area contributed by atoms with Crippen molar-refractivity contribution in [1.82, 2.24) is 0 Å². The van der Waals surface area contributed by atoms with Gasteiger partial charge in [0.1, 0.15) is 5.75 Å². The molecule has 0 atom stereocenters. The fourth-order valence-electron chi connectivity index (χ4n) is 3.10. The van der Waals surface area contributed by atoms with Gasteiger partial charge in [0, 0.05) is 0 Å². The molecule has 0 amide bonds. The number of aryl methyl sites for hydroxylation is 2. The summed E-state index contributed by atoms with van der Waals surface area (Å²) in [5.41, 5.74) is 2.56. The van der Waals surface area contributed by atoms with Crippen molar-refractivity contribution >= 4 is 0 Å². The van der Waals surface area contributed by atoms with Crippen LogP contribution in [0.4, 0.5) is 0 Å². The molecule has 112 valence electrons. The van der Waals surface area contributed by atoms with Crippen molar-refractivity contribution < 1.29 is 9.64 Å². The molecule has 1 fully saturated rings. The van der Waals surface area contributed by atoms with E-state index in [1.807, 2.05) is 4.90 Å². The van der Waals surface area contributed by atoms with Crippen molar-refractivity contribution in [3.05, 3.63) is 29.3 Å². The number of hydrogen-bond donors (Lipinski definition) is 1. The Labute approximate surface area is 124 Å². The second kappa shape index (κ2) is 8.31. The molecule has 0 aliphatic carbocycles. The summed E-state index contributed by atoms with van der Waals surface area (Å²) in [6.07, 6.45) is 8.21. The van der Waals surface area contributed by atoms with Gasteiger partial charge in [0.05, 0.1) is 26.2 Å². The first-order chi connectivity index (χ1) is 9.75. The maximum Gasteiger partial charge on any atom is 0.122 e. The van der Waals surface area contributed by atoms with E-state index in [0.717, 1.165) is 12.4 Å². The first kappa shape index (κ1) is 15.4. The van der Waals surface area contributed by atoms with E-state index in [1.165, 1.54) is 69.3 Å². The number of ether oxygens (including phenoxy) is 1. The molecular formula is C18H30NO+. The van der Waals surface area contributed by atoms with Crippen LogP contribution >= 0.6 is 0 Å².